The maximum atomic E-state index is 9.61. The molecule has 0 unspecified atom stereocenters. The molecule has 3 nitrogen and oxygen atoms in total. The summed E-state index contributed by atoms with van der Waals surface area (Å²) in [5.74, 6) is 0. The third-order valence-electron chi connectivity index (χ3n) is 2.41. The second kappa shape index (κ2) is 3.66. The van der Waals surface area contributed by atoms with Gasteiger partial charge in [-0.3, -0.25) is 4.68 Å². The molecule has 0 radical (unpaired) electrons. The van der Waals surface area contributed by atoms with E-state index in [2.05, 4.69) is 5.10 Å². The molecule has 3 heteroatoms. The lowest BCUT2D eigenvalue weighted by molar-refractivity contribution is 0.0651. The first kappa shape index (κ1) is 10.2. The first-order valence-electron chi connectivity index (χ1n) is 5.19. The lowest BCUT2D eigenvalue weighted by Crippen LogP contribution is -2.21. The van der Waals surface area contributed by atoms with Gasteiger partial charge in [0.15, 0.2) is 0 Å². The number of fused-ring (bicyclic) bond motifs is 1. The van der Waals surface area contributed by atoms with Gasteiger partial charge in [0.05, 0.1) is 11.1 Å². The molecule has 0 aliphatic carbocycles. The normalized spacial score (nSPS) is 12.2. The highest BCUT2D eigenvalue weighted by Gasteiger charge is 2.12. The van der Waals surface area contributed by atoms with Crippen LogP contribution in [0.3, 0.4) is 0 Å². The first-order valence-corrected chi connectivity index (χ1v) is 5.19. The maximum absolute atomic E-state index is 9.61. The highest BCUT2D eigenvalue weighted by Crippen LogP contribution is 2.13. The number of aliphatic hydroxyl groups is 1. The van der Waals surface area contributed by atoms with E-state index < -0.39 is 5.60 Å². The van der Waals surface area contributed by atoms with E-state index in [1.54, 1.807) is 0 Å². The van der Waals surface area contributed by atoms with E-state index >= 15 is 0 Å². The van der Waals surface area contributed by atoms with Crippen LogP contribution in [-0.4, -0.2) is 20.5 Å². The summed E-state index contributed by atoms with van der Waals surface area (Å²) in [4.78, 5) is 0. The van der Waals surface area contributed by atoms with Gasteiger partial charge < -0.3 is 5.11 Å². The molecule has 1 aromatic heterocycles. The van der Waals surface area contributed by atoms with Gasteiger partial charge in [-0.05, 0) is 26.3 Å². The van der Waals surface area contributed by atoms with Crippen LogP contribution in [0.1, 0.15) is 20.3 Å². The van der Waals surface area contributed by atoms with Crippen LogP contribution in [0, 0.1) is 0 Å². The third kappa shape index (κ3) is 2.57. The van der Waals surface area contributed by atoms with E-state index in [0.29, 0.717) is 6.42 Å². The third-order valence-corrected chi connectivity index (χ3v) is 2.41. The lowest BCUT2D eigenvalue weighted by Gasteiger charge is -2.16. The Kier molecular flexibility index (Phi) is 2.49. The zero-order valence-corrected chi connectivity index (χ0v) is 9.14. The van der Waals surface area contributed by atoms with Crippen molar-refractivity contribution in [1.82, 2.24) is 9.78 Å². The average Bonchev–Trinajstić information content (AvgIpc) is 2.56. The van der Waals surface area contributed by atoms with Gasteiger partial charge in [0.1, 0.15) is 0 Å². The molecule has 0 atom stereocenters. The topological polar surface area (TPSA) is 38.0 Å². The number of hydrogen-bond acceptors (Lipinski definition) is 2. The molecule has 0 aliphatic heterocycles. The summed E-state index contributed by atoms with van der Waals surface area (Å²) in [6.45, 7) is 4.38. The molecule has 0 aliphatic rings. The molecule has 1 N–H and O–H groups in total. The Morgan fingerprint density at radius 3 is 2.73 bits per heavy atom. The molecule has 0 spiro atoms. The Hall–Kier alpha value is -1.35. The monoisotopic (exact) mass is 204 g/mol. The summed E-state index contributed by atoms with van der Waals surface area (Å²) >= 11 is 0. The molecule has 0 amide bonds. The quantitative estimate of drug-likeness (QED) is 0.832. The molecule has 80 valence electrons. The maximum Gasteiger partial charge on any atom is 0.0923 e. The minimum Gasteiger partial charge on any atom is -0.390 e. The van der Waals surface area contributed by atoms with E-state index in [1.165, 1.54) is 0 Å². The van der Waals surface area contributed by atoms with Crippen LogP contribution in [0.15, 0.2) is 30.5 Å². The van der Waals surface area contributed by atoms with Gasteiger partial charge in [0, 0.05) is 18.1 Å². The average molecular weight is 204 g/mol. The molecule has 0 fully saturated rings. The van der Waals surface area contributed by atoms with Gasteiger partial charge in [0.25, 0.3) is 0 Å². The van der Waals surface area contributed by atoms with Crippen molar-refractivity contribution in [3.63, 3.8) is 0 Å². The summed E-state index contributed by atoms with van der Waals surface area (Å²) in [6, 6.07) is 8.03. The Bertz CT molecular complexity index is 421. The number of aromatic nitrogens is 2. The highest BCUT2D eigenvalue weighted by atomic mass is 16.3. The van der Waals surface area contributed by atoms with Gasteiger partial charge in [-0.2, -0.15) is 5.10 Å². The highest BCUT2D eigenvalue weighted by molar-refractivity contribution is 5.77. The first-order chi connectivity index (χ1) is 7.04. The Morgan fingerprint density at radius 2 is 2.07 bits per heavy atom. The second-order valence-corrected chi connectivity index (χ2v) is 4.51. The van der Waals surface area contributed by atoms with Crippen molar-refractivity contribution < 1.29 is 5.11 Å². The van der Waals surface area contributed by atoms with Gasteiger partial charge in [0.2, 0.25) is 0 Å². The van der Waals surface area contributed by atoms with Crippen molar-refractivity contribution >= 4 is 10.9 Å². The van der Waals surface area contributed by atoms with Gasteiger partial charge in [-0.25, -0.2) is 0 Å². The summed E-state index contributed by atoms with van der Waals surface area (Å²) in [5.41, 5.74) is 0.381. The number of benzene rings is 1. The zero-order valence-electron chi connectivity index (χ0n) is 9.14. The van der Waals surface area contributed by atoms with Gasteiger partial charge in [-0.15, -0.1) is 0 Å². The predicted molar refractivity (Wildman–Crippen MR) is 60.6 cm³/mol. The summed E-state index contributed by atoms with van der Waals surface area (Å²) in [5, 5.41) is 15.2. The summed E-state index contributed by atoms with van der Waals surface area (Å²) in [7, 11) is 0. The molecular weight excluding hydrogens is 188 g/mol. The number of hydrogen-bond donors (Lipinski definition) is 1. The number of nitrogens with zero attached hydrogens (tertiary/aromatic N) is 2. The standard InChI is InChI=1S/C12H16N2O/c1-12(2,15)7-8-14-9-10-5-3-4-6-11(10)13-14/h3-6,9,15H,7-8H2,1-2H3. The van der Waals surface area contributed by atoms with Crippen LogP contribution in [0.2, 0.25) is 0 Å². The fourth-order valence-electron chi connectivity index (χ4n) is 1.52. The van der Waals surface area contributed by atoms with Crippen LogP contribution >= 0.6 is 0 Å². The number of aryl methyl sites for hydroxylation is 1. The fourth-order valence-corrected chi connectivity index (χ4v) is 1.52. The van der Waals surface area contributed by atoms with Crippen LogP contribution < -0.4 is 0 Å². The lowest BCUT2D eigenvalue weighted by atomic mass is 10.1. The molecule has 2 aromatic rings. The van der Waals surface area contributed by atoms with Crippen molar-refractivity contribution in [3.05, 3.63) is 30.5 Å². The SMILES string of the molecule is CC(C)(O)CCn1cc2ccccc2n1. The molecule has 1 heterocycles. The van der Waals surface area contributed by atoms with Gasteiger partial charge in [-0.1, -0.05) is 18.2 Å². The second-order valence-electron chi connectivity index (χ2n) is 4.51. The predicted octanol–water partition coefficient (Wildman–Crippen LogP) is 2.20. The van der Waals surface area contributed by atoms with E-state index in [9.17, 15) is 5.11 Å². The van der Waals surface area contributed by atoms with E-state index in [0.717, 1.165) is 17.4 Å². The fraction of sp³-hybridized carbons (Fsp3) is 0.417. The van der Waals surface area contributed by atoms with E-state index in [-0.39, 0.29) is 0 Å². The largest absolute Gasteiger partial charge is 0.390 e. The summed E-state index contributed by atoms with van der Waals surface area (Å²) in [6.07, 6.45) is 2.72. The Labute approximate surface area is 89.3 Å². The van der Waals surface area contributed by atoms with Crippen LogP contribution in [0.5, 0.6) is 0 Å². The van der Waals surface area contributed by atoms with Crippen molar-refractivity contribution in [1.29, 1.82) is 0 Å². The molecule has 2 rings (SSSR count). The van der Waals surface area contributed by atoms with Crippen LogP contribution in [-0.2, 0) is 6.54 Å². The summed E-state index contributed by atoms with van der Waals surface area (Å²) < 4.78 is 1.89. The molecule has 0 saturated carbocycles. The van der Waals surface area contributed by atoms with E-state index in [1.807, 2.05) is 49.0 Å². The molecule has 0 saturated heterocycles. The van der Waals surface area contributed by atoms with Crippen molar-refractivity contribution in [3.8, 4) is 0 Å². The van der Waals surface area contributed by atoms with Crippen LogP contribution in [0.25, 0.3) is 10.9 Å². The van der Waals surface area contributed by atoms with E-state index in [4.69, 9.17) is 0 Å². The van der Waals surface area contributed by atoms with Crippen molar-refractivity contribution in [2.45, 2.75) is 32.4 Å². The Balaban J connectivity index is 2.16. The smallest absolute Gasteiger partial charge is 0.0923 e. The molecule has 15 heavy (non-hydrogen) atoms. The number of rotatable bonds is 3. The zero-order chi connectivity index (χ0) is 10.9. The van der Waals surface area contributed by atoms with Crippen LogP contribution in [0.4, 0.5) is 0 Å². The van der Waals surface area contributed by atoms with Crippen molar-refractivity contribution in [2.75, 3.05) is 0 Å². The minimum absolute atomic E-state index is 0.627. The molecule has 1 aromatic carbocycles. The Morgan fingerprint density at radius 1 is 1.33 bits per heavy atom. The van der Waals surface area contributed by atoms with Crippen molar-refractivity contribution in [2.24, 2.45) is 0 Å². The molecule has 0 bridgehead atoms. The minimum atomic E-state index is -0.627. The van der Waals surface area contributed by atoms with Gasteiger partial charge >= 0.3 is 0 Å². The molecular formula is C12H16N2O.